The van der Waals surface area contributed by atoms with E-state index in [1.54, 1.807) is 13.0 Å². The van der Waals surface area contributed by atoms with Crippen molar-refractivity contribution < 1.29 is 27.4 Å². The van der Waals surface area contributed by atoms with Gasteiger partial charge in [-0.15, -0.1) is 0 Å². The van der Waals surface area contributed by atoms with Crippen LogP contribution in [0.4, 0.5) is 13.2 Å². The van der Waals surface area contributed by atoms with Crippen LogP contribution in [0.5, 0.6) is 0 Å². The minimum absolute atomic E-state index is 0.0371. The van der Waals surface area contributed by atoms with Crippen LogP contribution >= 0.6 is 0 Å². The third-order valence-electron chi connectivity index (χ3n) is 1.75. The number of nitrogens with one attached hydrogen (secondary N) is 1. The predicted molar refractivity (Wildman–Crippen MR) is 55.5 cm³/mol. The fourth-order valence-electron chi connectivity index (χ4n) is 0.904. The zero-order valence-electron chi connectivity index (χ0n) is 9.76. The second-order valence-electron chi connectivity index (χ2n) is 3.25. The summed E-state index contributed by atoms with van der Waals surface area (Å²) >= 11 is 0. The van der Waals surface area contributed by atoms with Crippen molar-refractivity contribution in [3.63, 3.8) is 0 Å². The number of hydrogen-bond donors (Lipinski definition) is 1. The number of alkyl halides is 3. The van der Waals surface area contributed by atoms with Crippen LogP contribution in [0.3, 0.4) is 0 Å². The summed E-state index contributed by atoms with van der Waals surface area (Å²) in [6.07, 6.45) is -2.70. The average Bonchev–Trinajstić information content (AvgIpc) is 2.24. The van der Waals surface area contributed by atoms with Gasteiger partial charge in [0, 0.05) is 18.7 Å². The zero-order chi connectivity index (χ0) is 13.3. The molecule has 0 aromatic rings. The normalized spacial score (nSPS) is 12.6. The van der Waals surface area contributed by atoms with E-state index in [1.807, 2.05) is 0 Å². The van der Waals surface area contributed by atoms with Crippen molar-refractivity contribution in [3.8, 4) is 0 Å². The standard InChI is InChI=1S/C10H16F3NO3/c1-8(9(15)16-2)3-4-14-5-6-17-7-10(11,12)13/h3,14H,4-7H2,1-2H3. The molecule has 0 fully saturated rings. The number of rotatable bonds is 7. The van der Waals surface area contributed by atoms with Gasteiger partial charge in [-0.1, -0.05) is 6.08 Å². The molecule has 4 nitrogen and oxygen atoms in total. The smallest absolute Gasteiger partial charge is 0.411 e. The van der Waals surface area contributed by atoms with Crippen molar-refractivity contribution in [3.05, 3.63) is 11.6 Å². The van der Waals surface area contributed by atoms with E-state index in [4.69, 9.17) is 0 Å². The lowest BCUT2D eigenvalue weighted by molar-refractivity contribution is -0.173. The SMILES string of the molecule is COC(=O)C(C)=CCNCCOCC(F)(F)F. The fourth-order valence-corrected chi connectivity index (χ4v) is 0.904. The highest BCUT2D eigenvalue weighted by molar-refractivity contribution is 5.87. The van der Waals surface area contributed by atoms with Crippen molar-refractivity contribution in [2.45, 2.75) is 13.1 Å². The fraction of sp³-hybridized carbons (Fsp3) is 0.700. The first-order valence-corrected chi connectivity index (χ1v) is 4.97. The number of carbonyl (C=O) groups is 1. The Bertz CT molecular complexity index is 264. The lowest BCUT2D eigenvalue weighted by Crippen LogP contribution is -2.24. The van der Waals surface area contributed by atoms with E-state index >= 15 is 0 Å². The quantitative estimate of drug-likeness (QED) is 0.423. The molecule has 0 unspecified atom stereocenters. The third kappa shape index (κ3) is 9.83. The molecule has 0 bridgehead atoms. The lowest BCUT2D eigenvalue weighted by atomic mass is 10.3. The summed E-state index contributed by atoms with van der Waals surface area (Å²) < 4.78 is 43.8. The minimum atomic E-state index is -4.29. The summed E-state index contributed by atoms with van der Waals surface area (Å²) in [6.45, 7) is 0.960. The molecule has 0 aromatic heterocycles. The first-order chi connectivity index (χ1) is 7.87. The summed E-state index contributed by atoms with van der Waals surface area (Å²) in [5.74, 6) is -0.430. The number of hydrogen-bond acceptors (Lipinski definition) is 4. The van der Waals surface area contributed by atoms with Gasteiger partial charge in [0.2, 0.25) is 0 Å². The summed E-state index contributed by atoms with van der Waals surface area (Å²) in [4.78, 5) is 10.9. The molecule has 0 amide bonds. The Morgan fingerprint density at radius 2 is 2.06 bits per heavy atom. The van der Waals surface area contributed by atoms with Crippen molar-refractivity contribution >= 4 is 5.97 Å². The van der Waals surface area contributed by atoms with Gasteiger partial charge in [-0.2, -0.15) is 13.2 Å². The summed E-state index contributed by atoms with van der Waals surface area (Å²) in [5, 5.41) is 2.80. The first-order valence-electron chi connectivity index (χ1n) is 4.97. The van der Waals surface area contributed by atoms with E-state index in [2.05, 4.69) is 14.8 Å². The molecule has 17 heavy (non-hydrogen) atoms. The average molecular weight is 255 g/mol. The highest BCUT2D eigenvalue weighted by Crippen LogP contribution is 2.13. The van der Waals surface area contributed by atoms with Gasteiger partial charge in [-0.05, 0) is 6.92 Å². The van der Waals surface area contributed by atoms with Crippen LogP contribution in [0.25, 0.3) is 0 Å². The van der Waals surface area contributed by atoms with Crippen LogP contribution in [-0.2, 0) is 14.3 Å². The minimum Gasteiger partial charge on any atom is -0.466 e. The molecule has 0 saturated heterocycles. The van der Waals surface area contributed by atoms with Gasteiger partial charge < -0.3 is 14.8 Å². The Morgan fingerprint density at radius 1 is 1.41 bits per heavy atom. The predicted octanol–water partition coefficient (Wildman–Crippen LogP) is 1.27. The van der Waals surface area contributed by atoms with Crippen molar-refractivity contribution in [1.29, 1.82) is 0 Å². The van der Waals surface area contributed by atoms with Crippen LogP contribution in [0.2, 0.25) is 0 Å². The maximum atomic E-state index is 11.7. The second-order valence-corrected chi connectivity index (χ2v) is 3.25. The van der Waals surface area contributed by atoms with Crippen LogP contribution in [0, 0.1) is 0 Å². The molecular formula is C10H16F3NO3. The Kier molecular flexibility index (Phi) is 7.56. The van der Waals surface area contributed by atoms with E-state index in [0.29, 0.717) is 12.1 Å². The third-order valence-corrected chi connectivity index (χ3v) is 1.75. The lowest BCUT2D eigenvalue weighted by Gasteiger charge is -2.07. The Balaban J connectivity index is 3.50. The van der Waals surface area contributed by atoms with Crippen LogP contribution < -0.4 is 5.32 Å². The Hall–Kier alpha value is -1.08. The molecule has 0 aromatic carbocycles. The number of halogens is 3. The number of carbonyl (C=O) groups excluding carboxylic acids is 1. The molecule has 100 valence electrons. The largest absolute Gasteiger partial charge is 0.466 e. The molecule has 0 aliphatic heterocycles. The molecule has 1 N–H and O–H groups in total. The van der Waals surface area contributed by atoms with Gasteiger partial charge >= 0.3 is 12.1 Å². The number of ether oxygens (including phenoxy) is 2. The van der Waals surface area contributed by atoms with Crippen molar-refractivity contribution in [2.24, 2.45) is 0 Å². The topological polar surface area (TPSA) is 47.6 Å². The van der Waals surface area contributed by atoms with Gasteiger partial charge in [0.05, 0.1) is 13.7 Å². The molecule has 7 heteroatoms. The summed E-state index contributed by atoms with van der Waals surface area (Å²) in [6, 6.07) is 0. The van der Waals surface area contributed by atoms with Crippen LogP contribution in [0.15, 0.2) is 11.6 Å². The molecule has 0 aliphatic carbocycles. The van der Waals surface area contributed by atoms with E-state index in [0.717, 1.165) is 0 Å². The highest BCUT2D eigenvalue weighted by Gasteiger charge is 2.27. The van der Waals surface area contributed by atoms with Gasteiger partial charge in [0.25, 0.3) is 0 Å². The Labute approximate surface area is 97.8 Å². The second kappa shape index (κ2) is 8.08. The summed E-state index contributed by atoms with van der Waals surface area (Å²) in [5.41, 5.74) is 0.441. The van der Waals surface area contributed by atoms with Gasteiger partial charge in [0.1, 0.15) is 6.61 Å². The molecule has 0 aliphatic rings. The van der Waals surface area contributed by atoms with E-state index in [9.17, 15) is 18.0 Å². The van der Waals surface area contributed by atoms with Crippen LogP contribution in [0.1, 0.15) is 6.92 Å². The van der Waals surface area contributed by atoms with E-state index in [-0.39, 0.29) is 13.2 Å². The maximum Gasteiger partial charge on any atom is 0.411 e. The van der Waals surface area contributed by atoms with Crippen molar-refractivity contribution in [2.75, 3.05) is 33.4 Å². The molecule has 0 radical (unpaired) electrons. The molecular weight excluding hydrogens is 239 g/mol. The maximum absolute atomic E-state index is 11.7. The van der Waals surface area contributed by atoms with E-state index in [1.165, 1.54) is 7.11 Å². The molecule has 0 saturated carbocycles. The first kappa shape index (κ1) is 15.9. The van der Waals surface area contributed by atoms with Crippen LogP contribution in [-0.4, -0.2) is 45.6 Å². The van der Waals surface area contributed by atoms with Gasteiger partial charge in [0.15, 0.2) is 0 Å². The Morgan fingerprint density at radius 3 is 2.59 bits per heavy atom. The van der Waals surface area contributed by atoms with E-state index < -0.39 is 18.8 Å². The summed E-state index contributed by atoms with van der Waals surface area (Å²) in [7, 11) is 1.28. The highest BCUT2D eigenvalue weighted by atomic mass is 19.4. The molecule has 0 spiro atoms. The van der Waals surface area contributed by atoms with Gasteiger partial charge in [-0.3, -0.25) is 0 Å². The number of esters is 1. The molecule has 0 atom stereocenters. The molecule has 0 rings (SSSR count). The van der Waals surface area contributed by atoms with Gasteiger partial charge in [-0.25, -0.2) is 4.79 Å². The zero-order valence-corrected chi connectivity index (χ0v) is 9.76. The molecule has 0 heterocycles. The van der Waals surface area contributed by atoms with Crippen molar-refractivity contribution in [1.82, 2.24) is 5.32 Å². The monoisotopic (exact) mass is 255 g/mol. The number of methoxy groups -OCH3 is 1.